The Labute approximate surface area is 110 Å². The Morgan fingerprint density at radius 3 is 2.84 bits per heavy atom. The predicted molar refractivity (Wildman–Crippen MR) is 70.7 cm³/mol. The van der Waals surface area contributed by atoms with Gasteiger partial charge in [-0.3, -0.25) is 4.79 Å². The first-order valence-corrected chi connectivity index (χ1v) is 5.75. The van der Waals surface area contributed by atoms with Crippen LogP contribution in [0.1, 0.15) is 12.6 Å². The van der Waals surface area contributed by atoms with E-state index in [2.05, 4.69) is 10.5 Å². The molecule has 1 aromatic carbocycles. The number of aromatic nitrogens is 1. The molecule has 0 aliphatic rings. The fourth-order valence-corrected chi connectivity index (χ4v) is 1.72. The molecule has 0 bridgehead atoms. The maximum absolute atomic E-state index is 11.1. The predicted octanol–water partition coefficient (Wildman–Crippen LogP) is 1.77. The van der Waals surface area contributed by atoms with E-state index in [0.717, 1.165) is 0 Å². The van der Waals surface area contributed by atoms with Crippen LogP contribution in [0.25, 0.3) is 11.3 Å². The molecule has 0 fully saturated rings. The van der Waals surface area contributed by atoms with E-state index in [0.29, 0.717) is 35.0 Å². The van der Waals surface area contributed by atoms with Gasteiger partial charge in [0.05, 0.1) is 18.4 Å². The summed E-state index contributed by atoms with van der Waals surface area (Å²) in [6, 6.07) is 7.02. The number of amides is 1. The number of nitrogens with zero attached hydrogens (tertiary/aromatic N) is 1. The average Bonchev–Trinajstić information content (AvgIpc) is 2.86. The van der Waals surface area contributed by atoms with Gasteiger partial charge in [-0.2, -0.15) is 0 Å². The summed E-state index contributed by atoms with van der Waals surface area (Å²) in [5, 5.41) is 6.54. The summed E-state index contributed by atoms with van der Waals surface area (Å²) >= 11 is 0. The van der Waals surface area contributed by atoms with Gasteiger partial charge in [-0.25, -0.2) is 0 Å². The number of carbonyl (C=O) groups excluding carboxylic acids is 1. The zero-order chi connectivity index (χ0) is 13.8. The number of anilines is 1. The molecule has 0 radical (unpaired) electrons. The first-order chi connectivity index (χ1) is 9.13. The van der Waals surface area contributed by atoms with Gasteiger partial charge in [0.25, 0.3) is 0 Å². The fourth-order valence-electron chi connectivity index (χ4n) is 1.72. The largest absolute Gasteiger partial charge is 0.496 e. The van der Waals surface area contributed by atoms with Gasteiger partial charge in [-0.05, 0) is 18.2 Å². The van der Waals surface area contributed by atoms with E-state index < -0.39 is 0 Å². The standard InChI is InChI=1S/C13H15N3O3/c1-8(17)15-9-3-4-12(18-2)11(5-9)13-6-10(7-14)16-19-13/h3-6H,7,14H2,1-2H3,(H,15,17). The van der Waals surface area contributed by atoms with E-state index in [9.17, 15) is 4.79 Å². The van der Waals surface area contributed by atoms with Crippen LogP contribution in [0.4, 0.5) is 5.69 Å². The van der Waals surface area contributed by atoms with Gasteiger partial charge in [0, 0.05) is 25.2 Å². The molecule has 0 spiro atoms. The highest BCUT2D eigenvalue weighted by Gasteiger charge is 2.12. The summed E-state index contributed by atoms with van der Waals surface area (Å²) < 4.78 is 10.5. The third kappa shape index (κ3) is 2.92. The van der Waals surface area contributed by atoms with Crippen LogP contribution in [0.2, 0.25) is 0 Å². The summed E-state index contributed by atoms with van der Waals surface area (Å²) in [6.45, 7) is 1.75. The SMILES string of the molecule is COc1ccc(NC(C)=O)cc1-c1cc(CN)no1. The van der Waals surface area contributed by atoms with Crippen LogP contribution in [0.3, 0.4) is 0 Å². The van der Waals surface area contributed by atoms with Gasteiger partial charge in [0.15, 0.2) is 5.76 Å². The third-order valence-electron chi connectivity index (χ3n) is 2.55. The zero-order valence-corrected chi connectivity index (χ0v) is 10.8. The van der Waals surface area contributed by atoms with Crippen molar-refractivity contribution in [2.45, 2.75) is 13.5 Å². The number of benzene rings is 1. The average molecular weight is 261 g/mol. The minimum absolute atomic E-state index is 0.142. The van der Waals surface area contributed by atoms with E-state index in [-0.39, 0.29) is 5.91 Å². The normalized spacial score (nSPS) is 10.3. The quantitative estimate of drug-likeness (QED) is 0.875. The second-order valence-corrected chi connectivity index (χ2v) is 3.98. The van der Waals surface area contributed by atoms with Crippen molar-refractivity contribution in [3.05, 3.63) is 30.0 Å². The highest BCUT2D eigenvalue weighted by Crippen LogP contribution is 2.32. The lowest BCUT2D eigenvalue weighted by atomic mass is 10.1. The molecule has 0 saturated heterocycles. The molecule has 1 aromatic heterocycles. The molecule has 100 valence electrons. The van der Waals surface area contributed by atoms with E-state index in [1.807, 2.05) is 0 Å². The Morgan fingerprint density at radius 2 is 2.26 bits per heavy atom. The summed E-state index contributed by atoms with van der Waals surface area (Å²) in [4.78, 5) is 11.1. The van der Waals surface area contributed by atoms with Crippen LogP contribution < -0.4 is 15.8 Å². The maximum atomic E-state index is 11.1. The van der Waals surface area contributed by atoms with Gasteiger partial charge in [0.2, 0.25) is 5.91 Å². The molecule has 0 aliphatic carbocycles. The molecule has 1 amide bonds. The van der Waals surface area contributed by atoms with Gasteiger partial charge >= 0.3 is 0 Å². The van der Waals surface area contributed by atoms with Crippen LogP contribution >= 0.6 is 0 Å². The summed E-state index contributed by atoms with van der Waals surface area (Å²) in [5.41, 5.74) is 7.52. The highest BCUT2D eigenvalue weighted by atomic mass is 16.5. The number of rotatable bonds is 4. The van der Waals surface area contributed by atoms with E-state index in [4.69, 9.17) is 15.0 Å². The highest BCUT2D eigenvalue weighted by molar-refractivity contribution is 5.90. The number of nitrogens with one attached hydrogen (secondary N) is 1. The smallest absolute Gasteiger partial charge is 0.221 e. The van der Waals surface area contributed by atoms with Gasteiger partial charge < -0.3 is 20.3 Å². The fraction of sp³-hybridized carbons (Fsp3) is 0.231. The molecule has 0 saturated carbocycles. The number of hydrogen-bond donors (Lipinski definition) is 2. The molecule has 0 atom stereocenters. The van der Waals surface area contributed by atoms with Crippen LogP contribution in [0.15, 0.2) is 28.8 Å². The summed E-state index contributed by atoms with van der Waals surface area (Å²) in [6.07, 6.45) is 0. The molecule has 3 N–H and O–H groups in total. The summed E-state index contributed by atoms with van der Waals surface area (Å²) in [7, 11) is 1.57. The zero-order valence-electron chi connectivity index (χ0n) is 10.8. The Balaban J connectivity index is 2.43. The molecule has 0 unspecified atom stereocenters. The first kappa shape index (κ1) is 13.1. The second-order valence-electron chi connectivity index (χ2n) is 3.98. The van der Waals surface area contributed by atoms with Crippen molar-refractivity contribution in [2.24, 2.45) is 5.73 Å². The van der Waals surface area contributed by atoms with Crippen LogP contribution in [-0.2, 0) is 11.3 Å². The molecule has 2 aromatic rings. The van der Waals surface area contributed by atoms with Crippen LogP contribution in [0, 0.1) is 0 Å². The minimum Gasteiger partial charge on any atom is -0.496 e. The molecule has 6 nitrogen and oxygen atoms in total. The number of carbonyl (C=O) groups is 1. The Kier molecular flexibility index (Phi) is 3.82. The van der Waals surface area contributed by atoms with Crippen molar-refractivity contribution in [2.75, 3.05) is 12.4 Å². The van der Waals surface area contributed by atoms with E-state index in [1.54, 1.807) is 31.4 Å². The molecule has 19 heavy (non-hydrogen) atoms. The number of ether oxygens (including phenoxy) is 1. The monoisotopic (exact) mass is 261 g/mol. The van der Waals surface area contributed by atoms with Gasteiger partial charge in [0.1, 0.15) is 5.75 Å². The molecular weight excluding hydrogens is 246 g/mol. The Bertz CT molecular complexity index is 593. The number of methoxy groups -OCH3 is 1. The van der Waals surface area contributed by atoms with Gasteiger partial charge in [-0.15, -0.1) is 0 Å². The second kappa shape index (κ2) is 5.53. The minimum atomic E-state index is -0.142. The van der Waals surface area contributed by atoms with Crippen molar-refractivity contribution in [3.63, 3.8) is 0 Å². The Morgan fingerprint density at radius 1 is 1.47 bits per heavy atom. The number of nitrogens with two attached hydrogens (primary N) is 1. The van der Waals surface area contributed by atoms with E-state index >= 15 is 0 Å². The first-order valence-electron chi connectivity index (χ1n) is 5.75. The van der Waals surface area contributed by atoms with E-state index in [1.165, 1.54) is 6.92 Å². The number of hydrogen-bond acceptors (Lipinski definition) is 5. The maximum Gasteiger partial charge on any atom is 0.221 e. The third-order valence-corrected chi connectivity index (χ3v) is 2.55. The molecule has 6 heteroatoms. The van der Waals surface area contributed by atoms with Crippen molar-refractivity contribution in [3.8, 4) is 17.1 Å². The van der Waals surface area contributed by atoms with Gasteiger partial charge in [-0.1, -0.05) is 5.16 Å². The Hall–Kier alpha value is -2.34. The van der Waals surface area contributed by atoms with Crippen molar-refractivity contribution in [1.82, 2.24) is 5.16 Å². The lowest BCUT2D eigenvalue weighted by Gasteiger charge is -2.08. The van der Waals surface area contributed by atoms with Crippen LogP contribution in [0.5, 0.6) is 5.75 Å². The molecular formula is C13H15N3O3. The summed E-state index contributed by atoms with van der Waals surface area (Å²) in [5.74, 6) is 1.04. The molecule has 0 aliphatic heterocycles. The van der Waals surface area contributed by atoms with Crippen molar-refractivity contribution in [1.29, 1.82) is 0 Å². The van der Waals surface area contributed by atoms with Crippen molar-refractivity contribution >= 4 is 11.6 Å². The molecule has 2 rings (SSSR count). The lowest BCUT2D eigenvalue weighted by Crippen LogP contribution is -2.05. The molecule has 1 heterocycles. The van der Waals surface area contributed by atoms with Crippen LogP contribution in [-0.4, -0.2) is 18.2 Å². The lowest BCUT2D eigenvalue weighted by molar-refractivity contribution is -0.114. The topological polar surface area (TPSA) is 90.4 Å². The van der Waals surface area contributed by atoms with Crippen molar-refractivity contribution < 1.29 is 14.1 Å².